The topological polar surface area (TPSA) is 32.3 Å². The van der Waals surface area contributed by atoms with Crippen LogP contribution in [0.2, 0.25) is 0 Å². The van der Waals surface area contributed by atoms with Gasteiger partial charge >= 0.3 is 0 Å². The average Bonchev–Trinajstić information content (AvgIpc) is 2.25. The minimum absolute atomic E-state index is 0.00153. The predicted octanol–water partition coefficient (Wildman–Crippen LogP) is 2.80. The van der Waals surface area contributed by atoms with Gasteiger partial charge in [0.1, 0.15) is 0 Å². The second-order valence-electron chi connectivity index (χ2n) is 5.80. The fraction of sp³-hybridized carbons (Fsp3) is 0.929. The van der Waals surface area contributed by atoms with Crippen molar-refractivity contribution in [3.8, 4) is 0 Å². The molecule has 0 spiro atoms. The molecule has 1 amide bonds. The minimum Gasteiger partial charge on any atom is -0.339 e. The van der Waals surface area contributed by atoms with E-state index in [2.05, 4.69) is 46.9 Å². The Bertz CT molecular complexity index is 221. The van der Waals surface area contributed by atoms with Gasteiger partial charge in [-0.3, -0.25) is 4.79 Å². The van der Waals surface area contributed by atoms with E-state index in [1.54, 1.807) is 0 Å². The van der Waals surface area contributed by atoms with Crippen molar-refractivity contribution in [2.45, 2.75) is 72.4 Å². The van der Waals surface area contributed by atoms with E-state index < -0.39 is 0 Å². The van der Waals surface area contributed by atoms with Gasteiger partial charge < -0.3 is 10.2 Å². The third-order valence-electron chi connectivity index (χ3n) is 2.97. The molecular formula is C14H30N2O. The minimum atomic E-state index is 0.00153. The molecule has 0 bridgehead atoms. The first-order valence-corrected chi connectivity index (χ1v) is 6.86. The van der Waals surface area contributed by atoms with Gasteiger partial charge in [0.15, 0.2) is 0 Å². The molecule has 0 fully saturated rings. The summed E-state index contributed by atoms with van der Waals surface area (Å²) >= 11 is 0. The summed E-state index contributed by atoms with van der Waals surface area (Å²) in [6.45, 7) is 14.0. The highest BCUT2D eigenvalue weighted by Gasteiger charge is 2.19. The van der Waals surface area contributed by atoms with Gasteiger partial charge in [-0.2, -0.15) is 0 Å². The molecule has 3 nitrogen and oxygen atoms in total. The van der Waals surface area contributed by atoms with Crippen LogP contribution < -0.4 is 5.32 Å². The monoisotopic (exact) mass is 242 g/mol. The molecule has 0 aliphatic heterocycles. The predicted molar refractivity (Wildman–Crippen MR) is 74.1 cm³/mol. The van der Waals surface area contributed by atoms with Crippen molar-refractivity contribution in [1.82, 2.24) is 10.2 Å². The van der Waals surface area contributed by atoms with E-state index in [0.29, 0.717) is 12.6 Å². The van der Waals surface area contributed by atoms with Crippen molar-refractivity contribution < 1.29 is 4.79 Å². The molecule has 1 atom stereocenters. The summed E-state index contributed by atoms with van der Waals surface area (Å²) in [4.78, 5) is 14.2. The van der Waals surface area contributed by atoms with E-state index in [4.69, 9.17) is 0 Å². The molecule has 0 aliphatic rings. The summed E-state index contributed by atoms with van der Waals surface area (Å²) in [5.74, 6) is 0.225. The maximum Gasteiger partial charge on any atom is 0.236 e. The molecule has 0 aliphatic carbocycles. The van der Waals surface area contributed by atoms with E-state index >= 15 is 0 Å². The summed E-state index contributed by atoms with van der Waals surface area (Å²) in [5.41, 5.74) is 0.00153. The first kappa shape index (κ1) is 16.4. The van der Waals surface area contributed by atoms with Crippen LogP contribution in [0.3, 0.4) is 0 Å². The lowest BCUT2D eigenvalue weighted by Crippen LogP contribution is -2.47. The van der Waals surface area contributed by atoms with Gasteiger partial charge in [-0.15, -0.1) is 0 Å². The molecule has 17 heavy (non-hydrogen) atoms. The zero-order chi connectivity index (χ0) is 13.5. The Morgan fingerprint density at radius 1 is 1.29 bits per heavy atom. The van der Waals surface area contributed by atoms with Crippen molar-refractivity contribution in [3.05, 3.63) is 0 Å². The highest BCUT2D eigenvalue weighted by atomic mass is 16.2. The maximum absolute atomic E-state index is 12.2. The van der Waals surface area contributed by atoms with Gasteiger partial charge in [0.25, 0.3) is 0 Å². The normalized spacial score (nSPS) is 13.5. The smallest absolute Gasteiger partial charge is 0.236 e. The van der Waals surface area contributed by atoms with Crippen molar-refractivity contribution >= 4 is 5.91 Å². The van der Waals surface area contributed by atoms with Gasteiger partial charge in [0, 0.05) is 18.1 Å². The molecule has 0 aromatic rings. The van der Waals surface area contributed by atoms with Gasteiger partial charge in [-0.25, -0.2) is 0 Å². The SMILES string of the molecule is CCCCN(C(=O)CNC(C)(C)C)C(C)CC. The highest BCUT2D eigenvalue weighted by Crippen LogP contribution is 2.07. The second-order valence-corrected chi connectivity index (χ2v) is 5.80. The van der Waals surface area contributed by atoms with Crippen molar-refractivity contribution in [1.29, 1.82) is 0 Å². The Hall–Kier alpha value is -0.570. The zero-order valence-electron chi connectivity index (χ0n) is 12.5. The summed E-state index contributed by atoms with van der Waals surface area (Å²) in [5, 5.41) is 3.27. The number of hydrogen-bond acceptors (Lipinski definition) is 2. The number of nitrogens with zero attached hydrogens (tertiary/aromatic N) is 1. The maximum atomic E-state index is 12.2. The fourth-order valence-electron chi connectivity index (χ4n) is 1.58. The lowest BCUT2D eigenvalue weighted by Gasteiger charge is -2.30. The Kier molecular flexibility index (Phi) is 7.44. The fourth-order valence-corrected chi connectivity index (χ4v) is 1.58. The molecule has 0 aromatic carbocycles. The van der Waals surface area contributed by atoms with Crippen LogP contribution in [0, 0.1) is 0 Å². The van der Waals surface area contributed by atoms with Crippen LogP contribution >= 0.6 is 0 Å². The number of nitrogens with one attached hydrogen (secondary N) is 1. The lowest BCUT2D eigenvalue weighted by atomic mass is 10.1. The van der Waals surface area contributed by atoms with E-state index in [1.165, 1.54) is 0 Å². The van der Waals surface area contributed by atoms with Gasteiger partial charge in [-0.1, -0.05) is 20.3 Å². The van der Waals surface area contributed by atoms with Crippen LogP contribution in [-0.4, -0.2) is 35.5 Å². The lowest BCUT2D eigenvalue weighted by molar-refractivity contribution is -0.132. The summed E-state index contributed by atoms with van der Waals surface area (Å²) in [6.07, 6.45) is 3.24. The number of carbonyl (C=O) groups is 1. The standard InChI is InChI=1S/C14H30N2O/c1-7-9-10-16(12(3)8-2)13(17)11-15-14(4,5)6/h12,15H,7-11H2,1-6H3. The summed E-state index contributed by atoms with van der Waals surface area (Å²) < 4.78 is 0. The third-order valence-corrected chi connectivity index (χ3v) is 2.97. The first-order chi connectivity index (χ1) is 7.81. The molecule has 0 saturated carbocycles. The molecule has 3 heteroatoms. The van der Waals surface area contributed by atoms with E-state index in [-0.39, 0.29) is 11.4 Å². The highest BCUT2D eigenvalue weighted by molar-refractivity contribution is 5.78. The van der Waals surface area contributed by atoms with Crippen LogP contribution in [-0.2, 0) is 4.79 Å². The summed E-state index contributed by atoms with van der Waals surface area (Å²) in [6, 6.07) is 0.343. The molecule has 1 N–H and O–H groups in total. The van der Waals surface area contributed by atoms with Crippen LogP contribution in [0.25, 0.3) is 0 Å². The van der Waals surface area contributed by atoms with Crippen LogP contribution in [0.5, 0.6) is 0 Å². The van der Waals surface area contributed by atoms with E-state index in [0.717, 1.165) is 25.8 Å². The molecule has 1 unspecified atom stereocenters. The average molecular weight is 242 g/mol. The number of amides is 1. The molecule has 102 valence electrons. The number of carbonyl (C=O) groups excluding carboxylic acids is 1. The van der Waals surface area contributed by atoms with Gasteiger partial charge in [0.05, 0.1) is 6.54 Å². The number of hydrogen-bond donors (Lipinski definition) is 1. The van der Waals surface area contributed by atoms with Crippen molar-refractivity contribution in [2.24, 2.45) is 0 Å². The number of rotatable bonds is 7. The van der Waals surface area contributed by atoms with Crippen molar-refractivity contribution in [2.75, 3.05) is 13.1 Å². The number of unbranched alkanes of at least 4 members (excludes halogenated alkanes) is 1. The Morgan fingerprint density at radius 3 is 2.29 bits per heavy atom. The van der Waals surface area contributed by atoms with Gasteiger partial charge in [0.2, 0.25) is 5.91 Å². The van der Waals surface area contributed by atoms with Crippen molar-refractivity contribution in [3.63, 3.8) is 0 Å². The Balaban J connectivity index is 4.32. The molecule has 0 heterocycles. The Labute approximate surface area is 107 Å². The molecule has 0 aromatic heterocycles. The molecule has 0 radical (unpaired) electrons. The van der Waals surface area contributed by atoms with Gasteiger partial charge in [-0.05, 0) is 40.5 Å². The second kappa shape index (κ2) is 7.70. The van der Waals surface area contributed by atoms with Crippen LogP contribution in [0.1, 0.15) is 60.8 Å². The van der Waals surface area contributed by atoms with E-state index in [9.17, 15) is 4.79 Å². The molecule has 0 saturated heterocycles. The van der Waals surface area contributed by atoms with Crippen LogP contribution in [0.15, 0.2) is 0 Å². The van der Waals surface area contributed by atoms with Crippen LogP contribution in [0.4, 0.5) is 0 Å². The van der Waals surface area contributed by atoms with E-state index in [1.807, 2.05) is 4.90 Å². The quantitative estimate of drug-likeness (QED) is 0.744. The third kappa shape index (κ3) is 7.37. The molecule has 0 rings (SSSR count). The largest absolute Gasteiger partial charge is 0.339 e. The zero-order valence-corrected chi connectivity index (χ0v) is 12.5. The first-order valence-electron chi connectivity index (χ1n) is 6.86. The molecular weight excluding hydrogens is 212 g/mol. The Morgan fingerprint density at radius 2 is 1.88 bits per heavy atom. The summed E-state index contributed by atoms with van der Waals surface area (Å²) in [7, 11) is 0.